The standard InChI is InChI=1S/C18H20N4O/c1-11-5-7-15(8-6-11)19-18(23)14(4)22-17-10-13(3)12(2)9-16(17)20-21-22/h5-10,14H,1-4H3,(H,19,23). The van der Waals surface area contributed by atoms with Crippen LogP contribution in [0.5, 0.6) is 0 Å². The second-order valence-electron chi connectivity index (χ2n) is 5.99. The summed E-state index contributed by atoms with van der Waals surface area (Å²) >= 11 is 0. The van der Waals surface area contributed by atoms with Crippen LogP contribution in [0.15, 0.2) is 36.4 Å². The van der Waals surface area contributed by atoms with Gasteiger partial charge in [0.1, 0.15) is 11.6 Å². The fourth-order valence-electron chi connectivity index (χ4n) is 2.47. The van der Waals surface area contributed by atoms with Crippen LogP contribution in [0.4, 0.5) is 5.69 Å². The number of benzene rings is 2. The Balaban J connectivity index is 1.87. The molecule has 2 aromatic carbocycles. The molecule has 5 heteroatoms. The summed E-state index contributed by atoms with van der Waals surface area (Å²) in [7, 11) is 0. The van der Waals surface area contributed by atoms with Gasteiger partial charge in [-0.15, -0.1) is 5.10 Å². The third-order valence-corrected chi connectivity index (χ3v) is 4.15. The Morgan fingerprint density at radius 1 is 1.09 bits per heavy atom. The lowest BCUT2D eigenvalue weighted by Crippen LogP contribution is -2.24. The number of hydrogen-bond acceptors (Lipinski definition) is 3. The van der Waals surface area contributed by atoms with E-state index < -0.39 is 6.04 Å². The van der Waals surface area contributed by atoms with Crippen molar-refractivity contribution in [2.45, 2.75) is 33.7 Å². The molecule has 0 fully saturated rings. The topological polar surface area (TPSA) is 59.8 Å². The monoisotopic (exact) mass is 308 g/mol. The molecule has 0 saturated heterocycles. The molecule has 3 rings (SSSR count). The number of carbonyl (C=O) groups excluding carboxylic acids is 1. The number of hydrogen-bond donors (Lipinski definition) is 1. The number of carbonyl (C=O) groups is 1. The number of nitrogens with zero attached hydrogens (tertiary/aromatic N) is 3. The number of anilines is 1. The zero-order valence-electron chi connectivity index (χ0n) is 13.8. The molecule has 1 amide bonds. The average Bonchev–Trinajstić information content (AvgIpc) is 2.92. The van der Waals surface area contributed by atoms with E-state index >= 15 is 0 Å². The van der Waals surface area contributed by atoms with Gasteiger partial charge < -0.3 is 5.32 Å². The van der Waals surface area contributed by atoms with Crippen molar-refractivity contribution in [3.05, 3.63) is 53.1 Å². The molecule has 3 aromatic rings. The summed E-state index contributed by atoms with van der Waals surface area (Å²) in [4.78, 5) is 12.5. The van der Waals surface area contributed by atoms with Gasteiger partial charge in [-0.05, 0) is 63.1 Å². The fraction of sp³-hybridized carbons (Fsp3) is 0.278. The third kappa shape index (κ3) is 2.95. The van der Waals surface area contributed by atoms with Crippen LogP contribution in [-0.2, 0) is 4.79 Å². The van der Waals surface area contributed by atoms with Crippen LogP contribution < -0.4 is 5.32 Å². The SMILES string of the molecule is Cc1ccc(NC(=O)C(C)n2nnc3cc(C)c(C)cc32)cc1. The maximum absolute atomic E-state index is 12.5. The number of fused-ring (bicyclic) bond motifs is 1. The Hall–Kier alpha value is -2.69. The largest absolute Gasteiger partial charge is 0.324 e. The highest BCUT2D eigenvalue weighted by molar-refractivity contribution is 5.94. The van der Waals surface area contributed by atoms with E-state index in [1.54, 1.807) is 4.68 Å². The van der Waals surface area contributed by atoms with Crippen LogP contribution in [0, 0.1) is 20.8 Å². The molecule has 0 aliphatic carbocycles. The lowest BCUT2D eigenvalue weighted by Gasteiger charge is -2.13. The van der Waals surface area contributed by atoms with Crippen molar-refractivity contribution < 1.29 is 4.79 Å². The predicted octanol–water partition coefficient (Wildman–Crippen LogP) is 3.56. The molecule has 0 radical (unpaired) electrons. The Bertz CT molecular complexity index is 865. The van der Waals surface area contributed by atoms with Gasteiger partial charge >= 0.3 is 0 Å². The highest BCUT2D eigenvalue weighted by Gasteiger charge is 2.19. The third-order valence-electron chi connectivity index (χ3n) is 4.15. The minimum absolute atomic E-state index is 0.112. The molecule has 1 aromatic heterocycles. The van der Waals surface area contributed by atoms with E-state index in [4.69, 9.17) is 0 Å². The lowest BCUT2D eigenvalue weighted by molar-refractivity contribution is -0.119. The first-order valence-corrected chi connectivity index (χ1v) is 7.65. The van der Waals surface area contributed by atoms with E-state index in [9.17, 15) is 4.79 Å². The average molecular weight is 308 g/mol. The molecule has 1 unspecified atom stereocenters. The molecule has 0 saturated carbocycles. The summed E-state index contributed by atoms with van der Waals surface area (Å²) in [6, 6.07) is 11.3. The number of nitrogens with one attached hydrogen (secondary N) is 1. The Morgan fingerprint density at radius 2 is 1.74 bits per heavy atom. The van der Waals surface area contributed by atoms with Gasteiger partial charge in [0.2, 0.25) is 5.91 Å². The van der Waals surface area contributed by atoms with Crippen LogP contribution in [0.1, 0.15) is 29.7 Å². The minimum Gasteiger partial charge on any atom is -0.324 e. The van der Waals surface area contributed by atoms with Crippen molar-refractivity contribution in [3.8, 4) is 0 Å². The van der Waals surface area contributed by atoms with Gasteiger partial charge in [-0.3, -0.25) is 4.79 Å². The van der Waals surface area contributed by atoms with Crippen LogP contribution >= 0.6 is 0 Å². The van der Waals surface area contributed by atoms with Crippen LogP contribution in [-0.4, -0.2) is 20.9 Å². The molecule has 5 nitrogen and oxygen atoms in total. The van der Waals surface area contributed by atoms with E-state index in [1.165, 1.54) is 5.56 Å². The van der Waals surface area contributed by atoms with Crippen molar-refractivity contribution in [3.63, 3.8) is 0 Å². The number of rotatable bonds is 3. The summed E-state index contributed by atoms with van der Waals surface area (Å²) in [6.07, 6.45) is 0. The van der Waals surface area contributed by atoms with Crippen molar-refractivity contribution in [1.29, 1.82) is 0 Å². The molecular formula is C18H20N4O. The van der Waals surface area contributed by atoms with Crippen molar-refractivity contribution in [2.24, 2.45) is 0 Å². The first kappa shape index (κ1) is 15.2. The zero-order valence-corrected chi connectivity index (χ0v) is 13.8. The molecule has 23 heavy (non-hydrogen) atoms. The normalized spacial score (nSPS) is 12.3. The van der Waals surface area contributed by atoms with Crippen LogP contribution in [0.2, 0.25) is 0 Å². The maximum atomic E-state index is 12.5. The van der Waals surface area contributed by atoms with E-state index in [0.29, 0.717) is 0 Å². The summed E-state index contributed by atoms with van der Waals surface area (Å²) in [5, 5.41) is 11.3. The van der Waals surface area contributed by atoms with Gasteiger partial charge in [-0.1, -0.05) is 22.9 Å². The number of aryl methyl sites for hydroxylation is 3. The molecule has 1 atom stereocenters. The van der Waals surface area contributed by atoms with E-state index in [0.717, 1.165) is 27.8 Å². The smallest absolute Gasteiger partial charge is 0.249 e. The lowest BCUT2D eigenvalue weighted by atomic mass is 10.1. The van der Waals surface area contributed by atoms with Crippen molar-refractivity contribution in [1.82, 2.24) is 15.0 Å². The molecule has 1 heterocycles. The summed E-state index contributed by atoms with van der Waals surface area (Å²) < 4.78 is 1.67. The fourth-order valence-corrected chi connectivity index (χ4v) is 2.47. The van der Waals surface area contributed by atoms with Gasteiger partial charge in [0, 0.05) is 5.69 Å². The Morgan fingerprint density at radius 3 is 2.43 bits per heavy atom. The van der Waals surface area contributed by atoms with Gasteiger partial charge in [0.15, 0.2) is 0 Å². The minimum atomic E-state index is -0.441. The Labute approximate surface area is 135 Å². The van der Waals surface area contributed by atoms with Gasteiger partial charge in [0.05, 0.1) is 5.52 Å². The number of aromatic nitrogens is 3. The molecule has 0 spiro atoms. The van der Waals surface area contributed by atoms with Crippen LogP contribution in [0.3, 0.4) is 0 Å². The Kier molecular flexibility index (Phi) is 3.86. The first-order valence-electron chi connectivity index (χ1n) is 7.65. The molecule has 0 aliphatic rings. The quantitative estimate of drug-likeness (QED) is 0.805. The highest BCUT2D eigenvalue weighted by atomic mass is 16.2. The molecule has 0 bridgehead atoms. The zero-order chi connectivity index (χ0) is 16.6. The summed E-state index contributed by atoms with van der Waals surface area (Å²) in [5.74, 6) is -0.112. The summed E-state index contributed by atoms with van der Waals surface area (Å²) in [6.45, 7) is 7.93. The highest BCUT2D eigenvalue weighted by Crippen LogP contribution is 2.21. The maximum Gasteiger partial charge on any atom is 0.249 e. The van der Waals surface area contributed by atoms with Crippen molar-refractivity contribution in [2.75, 3.05) is 5.32 Å². The second-order valence-corrected chi connectivity index (χ2v) is 5.99. The van der Waals surface area contributed by atoms with E-state index in [2.05, 4.69) is 15.6 Å². The van der Waals surface area contributed by atoms with Crippen LogP contribution in [0.25, 0.3) is 11.0 Å². The molecule has 1 N–H and O–H groups in total. The predicted molar refractivity (Wildman–Crippen MR) is 91.5 cm³/mol. The van der Waals surface area contributed by atoms with E-state index in [-0.39, 0.29) is 5.91 Å². The second kappa shape index (κ2) is 5.83. The van der Waals surface area contributed by atoms with Gasteiger partial charge in [-0.25, -0.2) is 4.68 Å². The number of amides is 1. The van der Waals surface area contributed by atoms with Crippen molar-refractivity contribution >= 4 is 22.6 Å². The van der Waals surface area contributed by atoms with E-state index in [1.807, 2.05) is 64.1 Å². The van der Waals surface area contributed by atoms with Gasteiger partial charge in [0.25, 0.3) is 0 Å². The van der Waals surface area contributed by atoms with Gasteiger partial charge in [-0.2, -0.15) is 0 Å². The first-order chi connectivity index (χ1) is 11.0. The molecular weight excluding hydrogens is 288 g/mol. The molecule has 118 valence electrons. The summed E-state index contributed by atoms with van der Waals surface area (Å²) in [5.41, 5.74) is 5.95. The molecule has 0 aliphatic heterocycles.